The Balaban J connectivity index is 1.98. The van der Waals surface area contributed by atoms with Crippen molar-refractivity contribution in [1.82, 2.24) is 20.2 Å². The van der Waals surface area contributed by atoms with Crippen molar-refractivity contribution in [3.63, 3.8) is 0 Å². The fourth-order valence-corrected chi connectivity index (χ4v) is 1.86. The second-order valence-electron chi connectivity index (χ2n) is 4.30. The Morgan fingerprint density at radius 2 is 1.86 bits per heavy atom. The number of tetrazole rings is 1. The van der Waals surface area contributed by atoms with E-state index in [1.807, 2.05) is 6.07 Å². The van der Waals surface area contributed by atoms with E-state index in [2.05, 4.69) is 20.8 Å². The molecule has 108 valence electrons. The summed E-state index contributed by atoms with van der Waals surface area (Å²) < 4.78 is 28.8. The lowest BCUT2D eigenvalue weighted by Crippen LogP contribution is -2.05. The summed E-state index contributed by atoms with van der Waals surface area (Å²) in [4.78, 5) is 0. The van der Waals surface area contributed by atoms with E-state index < -0.39 is 11.6 Å². The Hall–Kier alpha value is -3.34. The van der Waals surface area contributed by atoms with Gasteiger partial charge in [-0.15, -0.1) is 0 Å². The molecule has 6 nitrogen and oxygen atoms in total. The number of para-hydroxylation sites is 1. The van der Waals surface area contributed by atoms with Gasteiger partial charge >= 0.3 is 0 Å². The standard InChI is InChI=1S/C14H8F2N6/c15-11-7-13(12(16)6-9(11)8-17)18-14-19-20-21-22(14)10-4-2-1-3-5-10/h1-7H,(H,18,19,21). The third kappa shape index (κ3) is 2.47. The van der Waals surface area contributed by atoms with Crippen molar-refractivity contribution in [3.8, 4) is 11.8 Å². The number of rotatable bonds is 3. The molecule has 3 aromatic rings. The largest absolute Gasteiger partial charge is 0.320 e. The molecular weight excluding hydrogens is 290 g/mol. The van der Waals surface area contributed by atoms with Crippen LogP contribution in [0.2, 0.25) is 0 Å². The molecule has 0 saturated carbocycles. The van der Waals surface area contributed by atoms with Crippen molar-refractivity contribution in [1.29, 1.82) is 5.26 Å². The van der Waals surface area contributed by atoms with E-state index in [0.29, 0.717) is 5.69 Å². The first-order valence-electron chi connectivity index (χ1n) is 6.19. The van der Waals surface area contributed by atoms with Gasteiger partial charge in [-0.2, -0.15) is 9.94 Å². The Morgan fingerprint density at radius 1 is 1.09 bits per heavy atom. The number of anilines is 2. The number of benzene rings is 2. The van der Waals surface area contributed by atoms with Gasteiger partial charge in [-0.1, -0.05) is 23.3 Å². The van der Waals surface area contributed by atoms with Crippen LogP contribution in [0.1, 0.15) is 5.56 Å². The molecule has 8 heteroatoms. The molecule has 3 rings (SSSR count). The van der Waals surface area contributed by atoms with Gasteiger partial charge in [0.2, 0.25) is 0 Å². The van der Waals surface area contributed by atoms with Crippen LogP contribution in [0.5, 0.6) is 0 Å². The lowest BCUT2D eigenvalue weighted by atomic mass is 10.2. The van der Waals surface area contributed by atoms with E-state index in [-0.39, 0.29) is 17.2 Å². The molecule has 1 N–H and O–H groups in total. The van der Waals surface area contributed by atoms with Crippen LogP contribution in [0.4, 0.5) is 20.4 Å². The van der Waals surface area contributed by atoms with E-state index in [0.717, 1.165) is 12.1 Å². The Morgan fingerprint density at radius 3 is 2.59 bits per heavy atom. The zero-order valence-corrected chi connectivity index (χ0v) is 11.0. The van der Waals surface area contributed by atoms with Crippen LogP contribution in [0, 0.1) is 23.0 Å². The molecule has 0 saturated heterocycles. The summed E-state index contributed by atoms with van der Waals surface area (Å²) >= 11 is 0. The van der Waals surface area contributed by atoms with E-state index in [1.165, 1.54) is 4.68 Å². The van der Waals surface area contributed by atoms with Gasteiger partial charge in [0, 0.05) is 6.07 Å². The summed E-state index contributed by atoms with van der Waals surface area (Å²) in [5.41, 5.74) is 0.124. The van der Waals surface area contributed by atoms with Crippen molar-refractivity contribution in [3.05, 3.63) is 59.7 Å². The van der Waals surface area contributed by atoms with Crippen LogP contribution in [-0.2, 0) is 0 Å². The SMILES string of the molecule is N#Cc1cc(F)c(Nc2nnnn2-c2ccccc2)cc1F. The van der Waals surface area contributed by atoms with E-state index in [9.17, 15) is 8.78 Å². The van der Waals surface area contributed by atoms with Crippen LogP contribution >= 0.6 is 0 Å². The van der Waals surface area contributed by atoms with Crippen molar-refractivity contribution >= 4 is 11.6 Å². The number of aromatic nitrogens is 4. The second-order valence-corrected chi connectivity index (χ2v) is 4.30. The molecule has 0 unspecified atom stereocenters. The summed E-state index contributed by atoms with van der Waals surface area (Å²) in [5, 5.41) is 22.3. The fourth-order valence-electron chi connectivity index (χ4n) is 1.86. The predicted octanol–water partition coefficient (Wildman–Crippen LogP) is 2.56. The van der Waals surface area contributed by atoms with E-state index >= 15 is 0 Å². The first-order valence-corrected chi connectivity index (χ1v) is 6.19. The third-order valence-corrected chi connectivity index (χ3v) is 2.89. The van der Waals surface area contributed by atoms with Gasteiger partial charge in [-0.05, 0) is 28.6 Å². The summed E-state index contributed by atoms with van der Waals surface area (Å²) in [7, 11) is 0. The number of hydrogen-bond acceptors (Lipinski definition) is 5. The monoisotopic (exact) mass is 298 g/mol. The minimum atomic E-state index is -0.829. The van der Waals surface area contributed by atoms with Gasteiger partial charge in [-0.25, -0.2) is 8.78 Å². The van der Waals surface area contributed by atoms with Crippen molar-refractivity contribution in [2.75, 3.05) is 5.32 Å². The fraction of sp³-hybridized carbons (Fsp3) is 0. The molecule has 0 aliphatic carbocycles. The zero-order valence-electron chi connectivity index (χ0n) is 11.0. The van der Waals surface area contributed by atoms with Gasteiger partial charge in [0.25, 0.3) is 5.95 Å². The normalized spacial score (nSPS) is 10.2. The molecule has 2 aromatic carbocycles. The minimum Gasteiger partial charge on any atom is -0.320 e. The van der Waals surface area contributed by atoms with E-state index in [4.69, 9.17) is 5.26 Å². The molecule has 0 aliphatic rings. The molecule has 0 aliphatic heterocycles. The van der Waals surface area contributed by atoms with Gasteiger partial charge in [0.05, 0.1) is 16.9 Å². The van der Waals surface area contributed by atoms with Crippen LogP contribution < -0.4 is 5.32 Å². The van der Waals surface area contributed by atoms with Crippen molar-refractivity contribution in [2.45, 2.75) is 0 Å². The second kappa shape index (κ2) is 5.57. The lowest BCUT2D eigenvalue weighted by Gasteiger charge is -2.08. The summed E-state index contributed by atoms with van der Waals surface area (Å²) in [6, 6.07) is 12.2. The third-order valence-electron chi connectivity index (χ3n) is 2.89. The summed E-state index contributed by atoms with van der Waals surface area (Å²) in [5.74, 6) is -1.49. The number of nitriles is 1. The number of halogens is 2. The average molecular weight is 298 g/mol. The number of nitrogens with one attached hydrogen (secondary N) is 1. The van der Waals surface area contributed by atoms with Crippen LogP contribution in [0.3, 0.4) is 0 Å². The minimum absolute atomic E-state index is 0.120. The summed E-state index contributed by atoms with van der Waals surface area (Å²) in [6.45, 7) is 0. The first kappa shape index (κ1) is 13.6. The Kier molecular flexibility index (Phi) is 3.45. The highest BCUT2D eigenvalue weighted by Gasteiger charge is 2.14. The highest BCUT2D eigenvalue weighted by atomic mass is 19.1. The Labute approximate surface area is 123 Å². The van der Waals surface area contributed by atoms with Crippen LogP contribution in [-0.4, -0.2) is 20.2 Å². The highest BCUT2D eigenvalue weighted by Crippen LogP contribution is 2.22. The maximum Gasteiger partial charge on any atom is 0.252 e. The van der Waals surface area contributed by atoms with Gasteiger partial charge in [0.15, 0.2) is 0 Å². The van der Waals surface area contributed by atoms with Crippen molar-refractivity contribution < 1.29 is 8.78 Å². The molecule has 0 amide bonds. The highest BCUT2D eigenvalue weighted by molar-refractivity contribution is 5.57. The smallest absolute Gasteiger partial charge is 0.252 e. The Bertz CT molecular complexity index is 854. The molecule has 1 heterocycles. The van der Waals surface area contributed by atoms with Gasteiger partial charge in [0.1, 0.15) is 17.7 Å². The summed E-state index contributed by atoms with van der Waals surface area (Å²) in [6.07, 6.45) is 0. The maximum absolute atomic E-state index is 13.9. The zero-order chi connectivity index (χ0) is 15.5. The quantitative estimate of drug-likeness (QED) is 0.804. The molecular formula is C14H8F2N6. The number of hydrogen-bond donors (Lipinski definition) is 1. The molecule has 0 spiro atoms. The maximum atomic E-state index is 13.9. The van der Waals surface area contributed by atoms with E-state index in [1.54, 1.807) is 30.3 Å². The molecule has 0 fully saturated rings. The molecule has 1 aromatic heterocycles. The lowest BCUT2D eigenvalue weighted by molar-refractivity contribution is 0.600. The molecule has 0 atom stereocenters. The predicted molar refractivity (Wildman–Crippen MR) is 73.5 cm³/mol. The van der Waals surface area contributed by atoms with Crippen LogP contribution in [0.25, 0.3) is 5.69 Å². The average Bonchev–Trinajstić information content (AvgIpc) is 2.99. The molecule has 22 heavy (non-hydrogen) atoms. The molecule has 0 radical (unpaired) electrons. The molecule has 0 bridgehead atoms. The topological polar surface area (TPSA) is 79.4 Å². The van der Waals surface area contributed by atoms with Gasteiger partial charge in [-0.3, -0.25) is 0 Å². The number of nitrogens with zero attached hydrogens (tertiary/aromatic N) is 5. The first-order chi connectivity index (χ1) is 10.7. The van der Waals surface area contributed by atoms with Gasteiger partial charge < -0.3 is 5.32 Å². The van der Waals surface area contributed by atoms with Crippen LogP contribution in [0.15, 0.2) is 42.5 Å². The van der Waals surface area contributed by atoms with Crippen molar-refractivity contribution in [2.24, 2.45) is 0 Å².